The van der Waals surface area contributed by atoms with E-state index in [1.54, 1.807) is 0 Å². The van der Waals surface area contributed by atoms with Crippen LogP contribution in [0, 0.1) is 13.8 Å². The minimum Gasteiger partial charge on any atom is -0.357 e. The SMILES string of the molecule is CCC(C)N(C)c1nc(C)cc(C)c1CNC1CC1. The van der Waals surface area contributed by atoms with E-state index >= 15 is 0 Å². The van der Waals surface area contributed by atoms with Crippen molar-refractivity contribution < 1.29 is 0 Å². The molecule has 0 bridgehead atoms. The smallest absolute Gasteiger partial charge is 0.133 e. The summed E-state index contributed by atoms with van der Waals surface area (Å²) < 4.78 is 0. The largest absolute Gasteiger partial charge is 0.357 e. The van der Waals surface area contributed by atoms with Crippen molar-refractivity contribution in [2.75, 3.05) is 11.9 Å². The molecule has 1 aromatic rings. The normalized spacial score (nSPS) is 16.5. The maximum absolute atomic E-state index is 4.79. The van der Waals surface area contributed by atoms with Crippen LogP contribution >= 0.6 is 0 Å². The number of hydrogen-bond acceptors (Lipinski definition) is 3. The van der Waals surface area contributed by atoms with E-state index in [-0.39, 0.29) is 0 Å². The first kappa shape index (κ1) is 14.3. The maximum Gasteiger partial charge on any atom is 0.133 e. The van der Waals surface area contributed by atoms with Crippen molar-refractivity contribution in [3.8, 4) is 0 Å². The number of pyridine rings is 1. The van der Waals surface area contributed by atoms with Crippen molar-refractivity contribution in [2.45, 2.75) is 65.6 Å². The van der Waals surface area contributed by atoms with E-state index in [4.69, 9.17) is 4.98 Å². The molecular weight excluding hydrogens is 234 g/mol. The zero-order valence-corrected chi connectivity index (χ0v) is 13.0. The lowest BCUT2D eigenvalue weighted by molar-refractivity contribution is 0.639. The summed E-state index contributed by atoms with van der Waals surface area (Å²) in [5, 5.41) is 3.62. The third kappa shape index (κ3) is 3.47. The number of hydrogen-bond donors (Lipinski definition) is 1. The van der Waals surface area contributed by atoms with Crippen LogP contribution in [0.25, 0.3) is 0 Å². The van der Waals surface area contributed by atoms with E-state index in [9.17, 15) is 0 Å². The predicted molar refractivity (Wildman–Crippen MR) is 81.7 cm³/mol. The molecule has 1 fully saturated rings. The van der Waals surface area contributed by atoms with Crippen LogP contribution in [-0.2, 0) is 6.54 Å². The molecule has 1 N–H and O–H groups in total. The van der Waals surface area contributed by atoms with E-state index in [0.29, 0.717) is 6.04 Å². The second-order valence-electron chi connectivity index (χ2n) is 5.91. The van der Waals surface area contributed by atoms with Crippen molar-refractivity contribution in [1.82, 2.24) is 10.3 Å². The first-order valence-electron chi connectivity index (χ1n) is 7.46. The molecule has 1 saturated carbocycles. The molecule has 1 aliphatic carbocycles. The second kappa shape index (κ2) is 5.91. The summed E-state index contributed by atoms with van der Waals surface area (Å²) in [6.45, 7) is 9.72. The van der Waals surface area contributed by atoms with E-state index in [1.165, 1.54) is 24.0 Å². The Bertz CT molecular complexity index is 438. The Balaban J connectivity index is 2.26. The lowest BCUT2D eigenvalue weighted by Crippen LogP contribution is -2.31. The van der Waals surface area contributed by atoms with Gasteiger partial charge in [-0.2, -0.15) is 0 Å². The van der Waals surface area contributed by atoms with Gasteiger partial charge in [-0.1, -0.05) is 6.92 Å². The molecule has 1 aromatic heterocycles. The summed E-state index contributed by atoms with van der Waals surface area (Å²) in [4.78, 5) is 7.11. The molecule has 3 nitrogen and oxygen atoms in total. The predicted octanol–water partition coefficient (Wildman–Crippen LogP) is 3.19. The molecule has 1 unspecified atom stereocenters. The highest BCUT2D eigenvalue weighted by Gasteiger charge is 2.22. The topological polar surface area (TPSA) is 28.2 Å². The first-order valence-corrected chi connectivity index (χ1v) is 7.46. The molecule has 1 aliphatic rings. The molecule has 0 saturated heterocycles. The fraction of sp³-hybridized carbons (Fsp3) is 0.688. The van der Waals surface area contributed by atoms with Gasteiger partial charge in [-0.05, 0) is 51.7 Å². The summed E-state index contributed by atoms with van der Waals surface area (Å²) in [7, 11) is 2.16. The Morgan fingerprint density at radius 3 is 2.68 bits per heavy atom. The average molecular weight is 261 g/mol. The lowest BCUT2D eigenvalue weighted by atomic mass is 10.1. The van der Waals surface area contributed by atoms with Gasteiger partial charge in [0, 0.05) is 36.9 Å². The van der Waals surface area contributed by atoms with Gasteiger partial charge in [0.15, 0.2) is 0 Å². The summed E-state index contributed by atoms with van der Waals surface area (Å²) in [6, 6.07) is 3.45. The monoisotopic (exact) mass is 261 g/mol. The Morgan fingerprint density at radius 2 is 2.11 bits per heavy atom. The van der Waals surface area contributed by atoms with Crippen LogP contribution in [0.5, 0.6) is 0 Å². The average Bonchev–Trinajstić information content (AvgIpc) is 3.19. The number of rotatable bonds is 6. The number of nitrogens with zero attached hydrogens (tertiary/aromatic N) is 2. The van der Waals surface area contributed by atoms with Gasteiger partial charge in [0.2, 0.25) is 0 Å². The second-order valence-corrected chi connectivity index (χ2v) is 5.91. The lowest BCUT2D eigenvalue weighted by Gasteiger charge is -2.28. The highest BCUT2D eigenvalue weighted by Crippen LogP contribution is 2.26. The quantitative estimate of drug-likeness (QED) is 0.852. The fourth-order valence-electron chi connectivity index (χ4n) is 2.37. The Morgan fingerprint density at radius 1 is 1.42 bits per heavy atom. The van der Waals surface area contributed by atoms with Crippen LogP contribution in [0.1, 0.15) is 49.9 Å². The van der Waals surface area contributed by atoms with E-state index in [2.05, 4.69) is 51.0 Å². The number of anilines is 1. The third-order valence-corrected chi connectivity index (χ3v) is 4.18. The zero-order chi connectivity index (χ0) is 14.0. The fourth-order valence-corrected chi connectivity index (χ4v) is 2.37. The Labute approximate surface area is 117 Å². The van der Waals surface area contributed by atoms with Gasteiger partial charge in [-0.15, -0.1) is 0 Å². The Kier molecular flexibility index (Phi) is 4.46. The first-order chi connectivity index (χ1) is 9.02. The molecule has 19 heavy (non-hydrogen) atoms. The highest BCUT2D eigenvalue weighted by molar-refractivity contribution is 5.51. The summed E-state index contributed by atoms with van der Waals surface area (Å²) in [5.74, 6) is 1.15. The number of aromatic nitrogens is 1. The maximum atomic E-state index is 4.79. The molecule has 0 aromatic carbocycles. The molecular formula is C16H27N3. The van der Waals surface area contributed by atoms with E-state index < -0.39 is 0 Å². The molecule has 0 spiro atoms. The molecule has 1 heterocycles. The molecule has 0 amide bonds. The standard InChI is InChI=1S/C16H27N3/c1-6-13(4)19(5)16-15(10-17-14-7-8-14)11(2)9-12(3)18-16/h9,13-14,17H,6-8,10H2,1-5H3. The molecule has 0 aliphatic heterocycles. The van der Waals surface area contributed by atoms with Gasteiger partial charge in [-0.25, -0.2) is 4.98 Å². The summed E-state index contributed by atoms with van der Waals surface area (Å²) in [6.07, 6.45) is 3.80. The molecule has 1 atom stereocenters. The van der Waals surface area contributed by atoms with Crippen molar-refractivity contribution in [2.24, 2.45) is 0 Å². The van der Waals surface area contributed by atoms with Crippen molar-refractivity contribution in [3.05, 3.63) is 22.9 Å². The van der Waals surface area contributed by atoms with Gasteiger partial charge in [0.1, 0.15) is 5.82 Å². The molecule has 0 radical (unpaired) electrons. The van der Waals surface area contributed by atoms with Crippen LogP contribution in [0.15, 0.2) is 6.07 Å². The van der Waals surface area contributed by atoms with Crippen molar-refractivity contribution >= 4 is 5.82 Å². The third-order valence-electron chi connectivity index (χ3n) is 4.18. The van der Waals surface area contributed by atoms with Gasteiger partial charge in [-0.3, -0.25) is 0 Å². The van der Waals surface area contributed by atoms with Gasteiger partial charge >= 0.3 is 0 Å². The minimum atomic E-state index is 0.522. The highest BCUT2D eigenvalue weighted by atomic mass is 15.2. The van der Waals surface area contributed by atoms with Crippen molar-refractivity contribution in [1.29, 1.82) is 0 Å². The van der Waals surface area contributed by atoms with Crippen LogP contribution in [0.2, 0.25) is 0 Å². The van der Waals surface area contributed by atoms with E-state index in [0.717, 1.165) is 30.5 Å². The number of aryl methyl sites for hydroxylation is 2. The van der Waals surface area contributed by atoms with Gasteiger partial charge < -0.3 is 10.2 Å². The van der Waals surface area contributed by atoms with Gasteiger partial charge in [0.05, 0.1) is 0 Å². The van der Waals surface area contributed by atoms with Gasteiger partial charge in [0.25, 0.3) is 0 Å². The van der Waals surface area contributed by atoms with E-state index in [1.807, 2.05) is 0 Å². The van der Waals surface area contributed by atoms with Crippen molar-refractivity contribution in [3.63, 3.8) is 0 Å². The molecule has 2 rings (SSSR count). The number of nitrogens with one attached hydrogen (secondary N) is 1. The summed E-state index contributed by atoms with van der Waals surface area (Å²) >= 11 is 0. The molecule has 3 heteroatoms. The van der Waals surface area contributed by atoms with Crippen LogP contribution in [-0.4, -0.2) is 24.1 Å². The van der Waals surface area contributed by atoms with Crippen LogP contribution in [0.4, 0.5) is 5.82 Å². The van der Waals surface area contributed by atoms with Crippen LogP contribution < -0.4 is 10.2 Å². The van der Waals surface area contributed by atoms with Crippen LogP contribution in [0.3, 0.4) is 0 Å². The minimum absolute atomic E-state index is 0.522. The zero-order valence-electron chi connectivity index (χ0n) is 13.0. The Hall–Kier alpha value is -1.09. The summed E-state index contributed by atoms with van der Waals surface area (Å²) in [5.41, 5.74) is 3.82. The molecule has 106 valence electrons.